The quantitative estimate of drug-likeness (QED) is 0.895. The van der Waals surface area contributed by atoms with Gasteiger partial charge in [0.25, 0.3) is 0 Å². The molecule has 0 radical (unpaired) electrons. The van der Waals surface area contributed by atoms with Crippen LogP contribution in [-0.2, 0) is 0 Å². The van der Waals surface area contributed by atoms with Crippen LogP contribution in [0.15, 0.2) is 22.7 Å². The van der Waals surface area contributed by atoms with Crippen LogP contribution in [0.3, 0.4) is 0 Å². The Labute approximate surface area is 124 Å². The molecule has 2 rings (SSSR count). The summed E-state index contributed by atoms with van der Waals surface area (Å²) in [6, 6.07) is 7.55. The smallest absolute Gasteiger partial charge is 0.156 e. The van der Waals surface area contributed by atoms with Gasteiger partial charge in [0.2, 0.25) is 0 Å². The molecule has 0 bridgehead atoms. The van der Waals surface area contributed by atoms with Crippen LogP contribution in [0.2, 0.25) is 5.15 Å². The lowest BCUT2D eigenvalue weighted by atomic mass is 10.1. The van der Waals surface area contributed by atoms with Gasteiger partial charge in [0.1, 0.15) is 6.07 Å². The first-order valence-corrected chi connectivity index (χ1v) is 6.66. The lowest BCUT2D eigenvalue weighted by Crippen LogP contribution is -2.02. The van der Waals surface area contributed by atoms with Crippen molar-refractivity contribution in [2.24, 2.45) is 0 Å². The predicted molar refractivity (Wildman–Crippen MR) is 78.7 cm³/mol. The highest BCUT2D eigenvalue weighted by Gasteiger charge is 2.10. The first kappa shape index (κ1) is 13.8. The Morgan fingerprint density at radius 2 is 2.00 bits per heavy atom. The zero-order valence-corrected chi connectivity index (χ0v) is 12.7. The number of hydrogen-bond acceptors (Lipinski definition) is 4. The predicted octanol–water partition coefficient (Wildman–Crippen LogP) is 4.12. The Balaban J connectivity index is 2.43. The van der Waals surface area contributed by atoms with Crippen LogP contribution in [0.1, 0.15) is 16.7 Å². The molecule has 0 atom stereocenters. The van der Waals surface area contributed by atoms with Crippen molar-refractivity contribution in [2.75, 3.05) is 5.32 Å². The van der Waals surface area contributed by atoms with Crippen molar-refractivity contribution in [3.63, 3.8) is 0 Å². The van der Waals surface area contributed by atoms with Crippen LogP contribution >= 0.6 is 27.5 Å². The summed E-state index contributed by atoms with van der Waals surface area (Å²) in [5.41, 5.74) is 2.99. The van der Waals surface area contributed by atoms with Crippen LogP contribution < -0.4 is 5.32 Å². The van der Waals surface area contributed by atoms with E-state index in [4.69, 9.17) is 16.9 Å². The van der Waals surface area contributed by atoms with Gasteiger partial charge in [-0.2, -0.15) is 5.26 Å². The zero-order valence-electron chi connectivity index (χ0n) is 10.3. The highest BCUT2D eigenvalue weighted by atomic mass is 79.9. The molecular weight excluding hydrogens is 328 g/mol. The highest BCUT2D eigenvalue weighted by Crippen LogP contribution is 2.26. The first-order chi connectivity index (χ1) is 9.02. The van der Waals surface area contributed by atoms with Gasteiger partial charge in [-0.25, -0.2) is 0 Å². The van der Waals surface area contributed by atoms with E-state index in [-0.39, 0.29) is 0 Å². The van der Waals surface area contributed by atoms with Crippen molar-refractivity contribution in [3.8, 4) is 6.07 Å². The normalized spacial score (nSPS) is 10.1. The molecule has 4 nitrogen and oxygen atoms in total. The topological polar surface area (TPSA) is 61.6 Å². The Morgan fingerprint density at radius 1 is 1.26 bits per heavy atom. The number of halogens is 2. The van der Waals surface area contributed by atoms with Gasteiger partial charge in [-0.3, -0.25) is 0 Å². The van der Waals surface area contributed by atoms with Crippen LogP contribution in [-0.4, -0.2) is 10.2 Å². The molecule has 1 aromatic carbocycles. The van der Waals surface area contributed by atoms with Crippen molar-refractivity contribution in [1.82, 2.24) is 10.2 Å². The number of nitrogens with zero attached hydrogens (tertiary/aromatic N) is 3. The standard InChI is InChI=1S/C13H10BrClN4/c1-7-8(2)13(19-18-12(7)15)17-11-4-3-10(14)5-9(11)6-16/h3-5H,1-2H3,(H,17,19). The molecule has 6 heteroatoms. The second-order valence-electron chi connectivity index (χ2n) is 4.02. The number of nitrogens with one attached hydrogen (secondary N) is 1. The fourth-order valence-corrected chi connectivity index (χ4v) is 2.08. The van der Waals surface area contributed by atoms with Gasteiger partial charge < -0.3 is 5.32 Å². The van der Waals surface area contributed by atoms with E-state index in [1.807, 2.05) is 26.0 Å². The molecule has 0 aliphatic rings. The maximum absolute atomic E-state index is 9.12. The molecule has 0 aliphatic heterocycles. The van der Waals surface area contributed by atoms with Gasteiger partial charge in [-0.05, 0) is 43.2 Å². The molecule has 1 N–H and O–H groups in total. The second-order valence-corrected chi connectivity index (χ2v) is 5.29. The van der Waals surface area contributed by atoms with E-state index >= 15 is 0 Å². The molecule has 0 aliphatic carbocycles. The minimum atomic E-state index is 0.388. The molecule has 0 saturated carbocycles. The van der Waals surface area contributed by atoms with E-state index < -0.39 is 0 Å². The summed E-state index contributed by atoms with van der Waals surface area (Å²) < 4.78 is 0.852. The molecule has 1 aromatic heterocycles. The summed E-state index contributed by atoms with van der Waals surface area (Å²) in [6.07, 6.45) is 0. The number of hydrogen-bond donors (Lipinski definition) is 1. The maximum atomic E-state index is 9.12. The van der Waals surface area contributed by atoms with Gasteiger partial charge >= 0.3 is 0 Å². The third-order valence-electron chi connectivity index (χ3n) is 2.82. The maximum Gasteiger partial charge on any atom is 0.156 e. The van der Waals surface area contributed by atoms with Crippen molar-refractivity contribution < 1.29 is 0 Å². The van der Waals surface area contributed by atoms with E-state index in [1.54, 1.807) is 6.07 Å². The van der Waals surface area contributed by atoms with Crippen molar-refractivity contribution in [3.05, 3.63) is 44.5 Å². The average molecular weight is 338 g/mol. The molecule has 0 unspecified atom stereocenters. The molecule has 1 heterocycles. The average Bonchev–Trinajstić information content (AvgIpc) is 2.41. The molecule has 0 amide bonds. The summed E-state index contributed by atoms with van der Waals surface area (Å²) in [6.45, 7) is 3.79. The molecule has 0 fully saturated rings. The van der Waals surface area contributed by atoms with Gasteiger partial charge in [0.05, 0.1) is 11.3 Å². The summed E-state index contributed by atoms with van der Waals surface area (Å²) in [5, 5.41) is 20.5. The van der Waals surface area contributed by atoms with Gasteiger partial charge in [0.15, 0.2) is 11.0 Å². The number of anilines is 2. The lowest BCUT2D eigenvalue weighted by Gasteiger charge is -2.11. The third-order valence-corrected chi connectivity index (χ3v) is 3.67. The van der Waals surface area contributed by atoms with Crippen LogP contribution in [0.25, 0.3) is 0 Å². The first-order valence-electron chi connectivity index (χ1n) is 5.49. The number of aromatic nitrogens is 2. The largest absolute Gasteiger partial charge is 0.337 e. The second kappa shape index (κ2) is 5.55. The Morgan fingerprint density at radius 3 is 2.68 bits per heavy atom. The molecule has 2 aromatic rings. The van der Waals surface area contributed by atoms with Gasteiger partial charge in [0, 0.05) is 4.47 Å². The number of rotatable bonds is 2. The van der Waals surface area contributed by atoms with E-state index in [1.165, 1.54) is 0 Å². The van der Waals surface area contributed by atoms with Crippen LogP contribution in [0.4, 0.5) is 11.5 Å². The summed E-state index contributed by atoms with van der Waals surface area (Å²) in [7, 11) is 0. The zero-order chi connectivity index (χ0) is 14.0. The fraction of sp³-hybridized carbons (Fsp3) is 0.154. The van der Waals surface area contributed by atoms with E-state index in [9.17, 15) is 0 Å². The monoisotopic (exact) mass is 336 g/mol. The molecule has 0 saturated heterocycles. The minimum Gasteiger partial charge on any atom is -0.337 e. The Hall–Kier alpha value is -1.64. The summed E-state index contributed by atoms with van der Waals surface area (Å²) in [4.78, 5) is 0. The van der Waals surface area contributed by atoms with Crippen molar-refractivity contribution in [2.45, 2.75) is 13.8 Å². The van der Waals surface area contributed by atoms with E-state index in [2.05, 4.69) is 37.5 Å². The van der Waals surface area contributed by atoms with Crippen molar-refractivity contribution >= 4 is 39.0 Å². The van der Waals surface area contributed by atoms with Crippen LogP contribution in [0.5, 0.6) is 0 Å². The van der Waals surface area contributed by atoms with E-state index in [0.717, 1.165) is 15.6 Å². The van der Waals surface area contributed by atoms with Gasteiger partial charge in [-0.1, -0.05) is 27.5 Å². The van der Waals surface area contributed by atoms with Gasteiger partial charge in [-0.15, -0.1) is 10.2 Å². The Bertz CT molecular complexity index is 679. The molecular formula is C13H10BrClN4. The van der Waals surface area contributed by atoms with Crippen LogP contribution in [0, 0.1) is 25.2 Å². The van der Waals surface area contributed by atoms with Crippen molar-refractivity contribution in [1.29, 1.82) is 5.26 Å². The lowest BCUT2D eigenvalue weighted by molar-refractivity contribution is 1.00. The number of benzene rings is 1. The van der Waals surface area contributed by atoms with E-state index in [0.29, 0.717) is 22.2 Å². The number of nitriles is 1. The summed E-state index contributed by atoms with van der Waals surface area (Å²) >= 11 is 9.24. The fourth-order valence-electron chi connectivity index (χ4n) is 1.54. The SMILES string of the molecule is Cc1c(Cl)nnc(Nc2ccc(Br)cc2C#N)c1C. The Kier molecular flexibility index (Phi) is 4.03. The molecule has 96 valence electrons. The third kappa shape index (κ3) is 2.86. The molecule has 0 spiro atoms. The highest BCUT2D eigenvalue weighted by molar-refractivity contribution is 9.10. The summed E-state index contributed by atoms with van der Waals surface area (Å²) in [5.74, 6) is 0.598. The molecule has 19 heavy (non-hydrogen) atoms. The minimum absolute atomic E-state index is 0.388.